The van der Waals surface area contributed by atoms with E-state index in [1.54, 1.807) is 17.0 Å². The average molecular weight is 540 g/mol. The number of thioether (sulfide) groups is 1. The number of aliphatic imine (C=N–C) groups is 1. The molecule has 0 bridgehead atoms. The van der Waals surface area contributed by atoms with Crippen molar-refractivity contribution in [2.75, 3.05) is 19.8 Å². The SMILES string of the molecule is CCOc1cc(/C=C2/C(=N)N3C(c4ccccc4)=CSC3=NC2=O)ccc1OCCOc1ccc(C)cc1C. The van der Waals surface area contributed by atoms with Crippen LogP contribution in [0.15, 0.2) is 82.7 Å². The highest BCUT2D eigenvalue weighted by Crippen LogP contribution is 2.38. The second kappa shape index (κ2) is 11.6. The second-order valence-corrected chi connectivity index (χ2v) is 9.87. The minimum Gasteiger partial charge on any atom is -0.490 e. The highest BCUT2D eigenvalue weighted by atomic mass is 32.2. The van der Waals surface area contributed by atoms with Gasteiger partial charge >= 0.3 is 0 Å². The van der Waals surface area contributed by atoms with E-state index in [1.807, 2.05) is 73.9 Å². The van der Waals surface area contributed by atoms with Crippen LogP contribution in [0.1, 0.15) is 29.2 Å². The third-order valence-corrected chi connectivity index (χ3v) is 7.02. The van der Waals surface area contributed by atoms with Gasteiger partial charge in [0.2, 0.25) is 0 Å². The molecule has 8 heteroatoms. The Morgan fingerprint density at radius 3 is 2.41 bits per heavy atom. The van der Waals surface area contributed by atoms with Crippen LogP contribution in [0.2, 0.25) is 0 Å². The zero-order valence-corrected chi connectivity index (χ0v) is 22.9. The van der Waals surface area contributed by atoms with Crippen LogP contribution < -0.4 is 14.2 Å². The number of nitrogens with one attached hydrogen (secondary N) is 1. The Labute approximate surface area is 232 Å². The summed E-state index contributed by atoms with van der Waals surface area (Å²) in [5.74, 6) is 1.62. The predicted molar refractivity (Wildman–Crippen MR) is 157 cm³/mol. The molecule has 0 aliphatic carbocycles. The monoisotopic (exact) mass is 539 g/mol. The second-order valence-electron chi connectivity index (χ2n) is 9.03. The molecule has 0 atom stereocenters. The molecule has 7 nitrogen and oxygen atoms in total. The first-order chi connectivity index (χ1) is 18.9. The highest BCUT2D eigenvalue weighted by Gasteiger charge is 2.36. The summed E-state index contributed by atoms with van der Waals surface area (Å²) in [6.45, 7) is 7.16. The number of amidine groups is 2. The molecule has 0 radical (unpaired) electrons. The van der Waals surface area contributed by atoms with Crippen molar-refractivity contribution in [1.29, 1.82) is 5.41 Å². The standard InChI is InChI=1S/C31H29N3O4S/c1-4-36-28-18-22(11-13-27(28)38-15-14-37-26-12-10-20(2)16-21(26)3)17-24-29(32)34-25(23-8-6-5-7-9-23)19-39-31(34)33-30(24)35/h5-13,16-19,32H,4,14-15H2,1-3H3/b24-17-,32-29?. The molecule has 3 aromatic rings. The minimum absolute atomic E-state index is 0.0898. The summed E-state index contributed by atoms with van der Waals surface area (Å²) in [6, 6.07) is 21.3. The van der Waals surface area contributed by atoms with Gasteiger partial charge in [-0.1, -0.05) is 65.9 Å². The number of nitrogens with zero attached hydrogens (tertiary/aromatic N) is 2. The molecule has 39 heavy (non-hydrogen) atoms. The molecule has 0 spiro atoms. The zero-order chi connectivity index (χ0) is 27.4. The number of hydrogen-bond donors (Lipinski definition) is 1. The van der Waals surface area contributed by atoms with Crippen molar-refractivity contribution in [2.45, 2.75) is 20.8 Å². The molecule has 0 unspecified atom stereocenters. The maximum atomic E-state index is 12.9. The molecule has 198 valence electrons. The van der Waals surface area contributed by atoms with Crippen LogP contribution in [0.25, 0.3) is 11.8 Å². The molecule has 0 saturated carbocycles. The lowest BCUT2D eigenvalue weighted by Gasteiger charge is -2.27. The first-order valence-electron chi connectivity index (χ1n) is 12.7. The summed E-state index contributed by atoms with van der Waals surface area (Å²) in [7, 11) is 0. The molecule has 1 N–H and O–H groups in total. The highest BCUT2D eigenvalue weighted by molar-refractivity contribution is 8.17. The van der Waals surface area contributed by atoms with Gasteiger partial charge in [-0.15, -0.1) is 0 Å². The summed E-state index contributed by atoms with van der Waals surface area (Å²) in [5, 5.41) is 11.3. The van der Waals surface area contributed by atoms with Crippen molar-refractivity contribution >= 4 is 40.4 Å². The fraction of sp³-hybridized carbons (Fsp3) is 0.194. The van der Waals surface area contributed by atoms with Gasteiger partial charge in [0.15, 0.2) is 16.7 Å². The van der Waals surface area contributed by atoms with Crippen LogP contribution in [-0.4, -0.2) is 41.6 Å². The number of ether oxygens (including phenoxy) is 3. The number of hydrogen-bond acceptors (Lipinski definition) is 6. The van der Waals surface area contributed by atoms with Crippen molar-refractivity contribution in [3.63, 3.8) is 0 Å². The molecule has 2 heterocycles. The molecular weight excluding hydrogens is 510 g/mol. The van der Waals surface area contributed by atoms with E-state index in [9.17, 15) is 4.79 Å². The molecule has 5 rings (SSSR count). The Hall–Kier alpha value is -4.30. The summed E-state index contributed by atoms with van der Waals surface area (Å²) < 4.78 is 17.7. The Balaban J connectivity index is 1.31. The van der Waals surface area contributed by atoms with Crippen molar-refractivity contribution in [1.82, 2.24) is 4.90 Å². The maximum absolute atomic E-state index is 12.9. The number of benzene rings is 3. The fourth-order valence-electron chi connectivity index (χ4n) is 4.35. The Morgan fingerprint density at radius 2 is 1.67 bits per heavy atom. The van der Waals surface area contributed by atoms with Gasteiger partial charge in [-0.2, -0.15) is 4.99 Å². The van der Waals surface area contributed by atoms with Crippen LogP contribution in [-0.2, 0) is 4.79 Å². The van der Waals surface area contributed by atoms with Crippen LogP contribution in [0.4, 0.5) is 0 Å². The summed E-state index contributed by atoms with van der Waals surface area (Å²) in [5.41, 5.74) is 4.97. The lowest BCUT2D eigenvalue weighted by molar-refractivity contribution is -0.114. The van der Waals surface area contributed by atoms with E-state index in [0.29, 0.717) is 42.1 Å². The number of carbonyl (C=O) groups excluding carboxylic acids is 1. The number of aryl methyl sites for hydroxylation is 2. The van der Waals surface area contributed by atoms with Crippen molar-refractivity contribution in [2.24, 2.45) is 4.99 Å². The third-order valence-electron chi connectivity index (χ3n) is 6.19. The van der Waals surface area contributed by atoms with Gasteiger partial charge in [-0.25, -0.2) is 0 Å². The van der Waals surface area contributed by atoms with Gasteiger partial charge in [0.05, 0.1) is 17.9 Å². The molecular formula is C31H29N3O4S. The van der Waals surface area contributed by atoms with E-state index < -0.39 is 5.91 Å². The summed E-state index contributed by atoms with van der Waals surface area (Å²) in [6.07, 6.45) is 1.67. The molecule has 0 saturated heterocycles. The summed E-state index contributed by atoms with van der Waals surface area (Å²) >= 11 is 1.34. The van der Waals surface area contributed by atoms with Crippen molar-refractivity contribution in [3.8, 4) is 17.2 Å². The molecule has 0 fully saturated rings. The van der Waals surface area contributed by atoms with Crippen LogP contribution in [0, 0.1) is 19.3 Å². The van der Waals surface area contributed by atoms with Crippen LogP contribution in [0.5, 0.6) is 17.2 Å². The van der Waals surface area contributed by atoms with Gasteiger partial charge in [0.1, 0.15) is 24.8 Å². The molecule has 3 aromatic carbocycles. The Morgan fingerprint density at radius 1 is 0.923 bits per heavy atom. The van der Waals surface area contributed by atoms with E-state index in [-0.39, 0.29) is 11.4 Å². The van der Waals surface area contributed by atoms with Crippen molar-refractivity contribution < 1.29 is 19.0 Å². The van der Waals surface area contributed by atoms with E-state index >= 15 is 0 Å². The van der Waals surface area contributed by atoms with Gasteiger partial charge < -0.3 is 14.2 Å². The predicted octanol–water partition coefficient (Wildman–Crippen LogP) is 6.46. The lowest BCUT2D eigenvalue weighted by atomic mass is 10.1. The molecule has 2 aliphatic rings. The van der Waals surface area contributed by atoms with Crippen LogP contribution >= 0.6 is 11.8 Å². The van der Waals surface area contributed by atoms with Gasteiger partial charge in [0, 0.05) is 5.41 Å². The van der Waals surface area contributed by atoms with E-state index in [0.717, 1.165) is 22.6 Å². The van der Waals surface area contributed by atoms with Gasteiger partial charge in [0.25, 0.3) is 5.91 Å². The largest absolute Gasteiger partial charge is 0.490 e. The average Bonchev–Trinajstić information content (AvgIpc) is 3.35. The van der Waals surface area contributed by atoms with E-state index in [1.165, 1.54) is 17.3 Å². The normalized spacial score (nSPS) is 15.7. The Bertz CT molecular complexity index is 1510. The number of rotatable bonds is 9. The zero-order valence-electron chi connectivity index (χ0n) is 22.1. The van der Waals surface area contributed by atoms with Gasteiger partial charge in [-0.05, 0) is 61.7 Å². The van der Waals surface area contributed by atoms with Crippen LogP contribution in [0.3, 0.4) is 0 Å². The smallest absolute Gasteiger partial charge is 0.283 e. The Kier molecular flexibility index (Phi) is 7.84. The van der Waals surface area contributed by atoms with E-state index in [2.05, 4.69) is 18.0 Å². The molecule has 2 aliphatic heterocycles. The quantitative estimate of drug-likeness (QED) is 0.248. The number of carbonyl (C=O) groups is 1. The molecule has 0 aromatic heterocycles. The maximum Gasteiger partial charge on any atom is 0.283 e. The number of amides is 1. The van der Waals surface area contributed by atoms with E-state index in [4.69, 9.17) is 19.6 Å². The first kappa shape index (κ1) is 26.3. The third kappa shape index (κ3) is 5.76. The molecule has 1 amide bonds. The van der Waals surface area contributed by atoms with Crippen molar-refractivity contribution in [3.05, 3.63) is 100.0 Å². The minimum atomic E-state index is -0.441. The summed E-state index contributed by atoms with van der Waals surface area (Å²) in [4.78, 5) is 18.8. The first-order valence-corrected chi connectivity index (χ1v) is 13.6. The lowest BCUT2D eigenvalue weighted by Crippen LogP contribution is -2.38. The topological polar surface area (TPSA) is 84.2 Å². The van der Waals surface area contributed by atoms with Gasteiger partial charge in [-0.3, -0.25) is 15.1 Å². The fourth-order valence-corrected chi connectivity index (χ4v) is 5.24. The number of fused-ring (bicyclic) bond motifs is 1.